The fourth-order valence-electron chi connectivity index (χ4n) is 1.53. The molecular formula is C11H17N5. The van der Waals surface area contributed by atoms with Crippen LogP contribution in [0, 0.1) is 18.3 Å². The Kier molecular flexibility index (Phi) is 4.06. The topological polar surface area (TPSA) is 64.8 Å². The van der Waals surface area contributed by atoms with Crippen LogP contribution in [0.4, 0.5) is 11.6 Å². The normalized spacial score (nSPS) is 11.7. The van der Waals surface area contributed by atoms with E-state index in [1.54, 1.807) is 0 Å². The number of nitrogens with zero attached hydrogens (tertiary/aromatic N) is 4. The molecular weight excluding hydrogens is 202 g/mol. The molecule has 0 radical (unpaired) electrons. The van der Waals surface area contributed by atoms with Gasteiger partial charge in [0.2, 0.25) is 0 Å². The molecule has 0 amide bonds. The average molecular weight is 219 g/mol. The summed E-state index contributed by atoms with van der Waals surface area (Å²) in [5.74, 6) is 1.68. The molecule has 1 atom stereocenters. The summed E-state index contributed by atoms with van der Waals surface area (Å²) in [5, 5.41) is 11.7. The van der Waals surface area contributed by atoms with Gasteiger partial charge in [-0.15, -0.1) is 0 Å². The summed E-state index contributed by atoms with van der Waals surface area (Å²) >= 11 is 0. The first kappa shape index (κ1) is 12.2. The maximum absolute atomic E-state index is 8.68. The third-order valence-electron chi connectivity index (χ3n) is 2.68. The lowest BCUT2D eigenvalue weighted by Crippen LogP contribution is -2.30. The van der Waals surface area contributed by atoms with Crippen molar-refractivity contribution in [2.45, 2.75) is 26.3 Å². The van der Waals surface area contributed by atoms with E-state index in [0.29, 0.717) is 6.42 Å². The summed E-state index contributed by atoms with van der Waals surface area (Å²) < 4.78 is 0. The van der Waals surface area contributed by atoms with Gasteiger partial charge in [0, 0.05) is 25.7 Å². The summed E-state index contributed by atoms with van der Waals surface area (Å²) in [6, 6.07) is 2.31. The first-order valence-electron chi connectivity index (χ1n) is 5.21. The van der Waals surface area contributed by atoms with Crippen LogP contribution in [0.15, 0.2) is 6.33 Å². The molecule has 0 aliphatic rings. The summed E-state index contributed by atoms with van der Waals surface area (Å²) in [5.41, 5.74) is 0.997. The van der Waals surface area contributed by atoms with Crippen molar-refractivity contribution in [3.8, 4) is 6.07 Å². The van der Waals surface area contributed by atoms with Gasteiger partial charge in [-0.1, -0.05) is 0 Å². The highest BCUT2D eigenvalue weighted by Gasteiger charge is 2.15. The summed E-state index contributed by atoms with van der Waals surface area (Å²) in [6.45, 7) is 3.97. The van der Waals surface area contributed by atoms with Crippen LogP contribution in [0.1, 0.15) is 18.9 Å². The van der Waals surface area contributed by atoms with Gasteiger partial charge in [-0.25, -0.2) is 9.97 Å². The molecule has 0 saturated heterocycles. The smallest absolute Gasteiger partial charge is 0.137 e. The van der Waals surface area contributed by atoms with E-state index in [1.165, 1.54) is 6.33 Å². The first-order valence-corrected chi connectivity index (χ1v) is 5.21. The number of anilines is 2. The highest BCUT2D eigenvalue weighted by Crippen LogP contribution is 2.22. The van der Waals surface area contributed by atoms with E-state index in [4.69, 9.17) is 5.26 Å². The number of rotatable bonds is 4. The van der Waals surface area contributed by atoms with Crippen LogP contribution in [0.25, 0.3) is 0 Å². The highest BCUT2D eigenvalue weighted by molar-refractivity contribution is 5.57. The van der Waals surface area contributed by atoms with Crippen LogP contribution >= 0.6 is 0 Å². The zero-order chi connectivity index (χ0) is 12.1. The fourth-order valence-corrected chi connectivity index (χ4v) is 1.53. The molecule has 1 aromatic rings. The minimum Gasteiger partial charge on any atom is -0.373 e. The van der Waals surface area contributed by atoms with Gasteiger partial charge in [0.1, 0.15) is 18.0 Å². The van der Waals surface area contributed by atoms with E-state index in [2.05, 4.69) is 21.4 Å². The van der Waals surface area contributed by atoms with Crippen molar-refractivity contribution in [1.82, 2.24) is 9.97 Å². The van der Waals surface area contributed by atoms with Crippen LogP contribution in [0.5, 0.6) is 0 Å². The molecule has 1 unspecified atom stereocenters. The van der Waals surface area contributed by atoms with Crippen molar-refractivity contribution in [2.24, 2.45) is 0 Å². The van der Waals surface area contributed by atoms with Gasteiger partial charge in [0.15, 0.2) is 0 Å². The SMILES string of the molecule is CNc1ncnc(N(C)C(C)CC#N)c1C. The van der Waals surface area contributed by atoms with E-state index >= 15 is 0 Å². The molecule has 5 nitrogen and oxygen atoms in total. The minimum atomic E-state index is 0.142. The average Bonchev–Trinajstić information content (AvgIpc) is 2.29. The molecule has 1 N–H and O–H groups in total. The Morgan fingerprint density at radius 3 is 2.81 bits per heavy atom. The standard InChI is InChI=1S/C11H17N5/c1-8(5-6-12)16(4)11-9(2)10(13-3)14-7-15-11/h7-8H,5H2,1-4H3,(H,13,14,15). The van der Waals surface area contributed by atoms with Crippen LogP contribution < -0.4 is 10.2 Å². The zero-order valence-corrected chi connectivity index (χ0v) is 10.2. The molecule has 0 bridgehead atoms. The minimum absolute atomic E-state index is 0.142. The molecule has 0 aromatic carbocycles. The van der Waals surface area contributed by atoms with Crippen molar-refractivity contribution in [3.05, 3.63) is 11.9 Å². The second kappa shape index (κ2) is 5.31. The number of nitrogens with one attached hydrogen (secondary N) is 1. The number of hydrogen-bond donors (Lipinski definition) is 1. The van der Waals surface area contributed by atoms with Crippen LogP contribution in [0.2, 0.25) is 0 Å². The number of aromatic nitrogens is 2. The van der Waals surface area contributed by atoms with Crippen LogP contribution in [0.3, 0.4) is 0 Å². The Bertz CT molecular complexity index is 396. The summed E-state index contributed by atoms with van der Waals surface area (Å²) in [4.78, 5) is 10.4. The molecule has 5 heteroatoms. The van der Waals surface area contributed by atoms with Crippen molar-refractivity contribution in [3.63, 3.8) is 0 Å². The van der Waals surface area contributed by atoms with Gasteiger partial charge in [-0.2, -0.15) is 5.26 Å². The molecule has 1 aromatic heterocycles. The van der Waals surface area contributed by atoms with E-state index in [9.17, 15) is 0 Å². The Morgan fingerprint density at radius 2 is 2.25 bits per heavy atom. The van der Waals surface area contributed by atoms with Gasteiger partial charge in [0.25, 0.3) is 0 Å². The Morgan fingerprint density at radius 1 is 1.56 bits per heavy atom. The van der Waals surface area contributed by atoms with E-state index < -0.39 is 0 Å². The lowest BCUT2D eigenvalue weighted by molar-refractivity contribution is 0.690. The molecule has 1 heterocycles. The van der Waals surface area contributed by atoms with Crippen molar-refractivity contribution >= 4 is 11.6 Å². The van der Waals surface area contributed by atoms with E-state index in [-0.39, 0.29) is 6.04 Å². The van der Waals surface area contributed by atoms with Crippen LogP contribution in [-0.2, 0) is 0 Å². The van der Waals surface area contributed by atoms with Crippen molar-refractivity contribution < 1.29 is 0 Å². The molecule has 16 heavy (non-hydrogen) atoms. The molecule has 0 saturated carbocycles. The van der Waals surface area contributed by atoms with Gasteiger partial charge >= 0.3 is 0 Å². The maximum atomic E-state index is 8.68. The highest BCUT2D eigenvalue weighted by atomic mass is 15.2. The molecule has 0 spiro atoms. The lowest BCUT2D eigenvalue weighted by atomic mass is 10.2. The van der Waals surface area contributed by atoms with Gasteiger partial charge in [0.05, 0.1) is 12.5 Å². The van der Waals surface area contributed by atoms with Crippen molar-refractivity contribution in [1.29, 1.82) is 5.26 Å². The molecule has 86 valence electrons. The van der Waals surface area contributed by atoms with Gasteiger partial charge < -0.3 is 10.2 Å². The quantitative estimate of drug-likeness (QED) is 0.832. The Labute approximate surface area is 96.1 Å². The Balaban J connectivity index is 3.00. The van der Waals surface area contributed by atoms with Crippen LogP contribution in [-0.4, -0.2) is 30.1 Å². The Hall–Kier alpha value is -1.83. The van der Waals surface area contributed by atoms with Crippen molar-refractivity contribution in [2.75, 3.05) is 24.3 Å². The monoisotopic (exact) mass is 219 g/mol. The predicted octanol–water partition coefficient (Wildman–Crippen LogP) is 1.57. The fraction of sp³-hybridized carbons (Fsp3) is 0.545. The second-order valence-electron chi connectivity index (χ2n) is 3.74. The zero-order valence-electron chi connectivity index (χ0n) is 10.2. The molecule has 0 fully saturated rings. The third kappa shape index (κ3) is 2.40. The summed E-state index contributed by atoms with van der Waals surface area (Å²) in [6.07, 6.45) is 2.01. The molecule has 0 aliphatic carbocycles. The number of nitriles is 1. The van der Waals surface area contributed by atoms with Gasteiger partial charge in [-0.3, -0.25) is 0 Å². The first-order chi connectivity index (χ1) is 7.61. The molecule has 0 aliphatic heterocycles. The largest absolute Gasteiger partial charge is 0.373 e. The van der Waals surface area contributed by atoms with Gasteiger partial charge in [-0.05, 0) is 13.8 Å². The van der Waals surface area contributed by atoms with E-state index in [1.807, 2.05) is 32.8 Å². The third-order valence-corrected chi connectivity index (χ3v) is 2.68. The second-order valence-corrected chi connectivity index (χ2v) is 3.74. The van der Waals surface area contributed by atoms with E-state index in [0.717, 1.165) is 17.2 Å². The maximum Gasteiger partial charge on any atom is 0.137 e. The number of hydrogen-bond acceptors (Lipinski definition) is 5. The predicted molar refractivity (Wildman–Crippen MR) is 64.4 cm³/mol. The lowest BCUT2D eigenvalue weighted by Gasteiger charge is -2.25. The molecule has 1 rings (SSSR count). The summed E-state index contributed by atoms with van der Waals surface area (Å²) in [7, 11) is 3.77.